The van der Waals surface area contributed by atoms with Crippen molar-refractivity contribution in [2.75, 3.05) is 19.6 Å². The fourth-order valence-corrected chi connectivity index (χ4v) is 3.21. The summed E-state index contributed by atoms with van der Waals surface area (Å²) in [7, 11) is 0. The standard InChI is InChI=1S/C16H21N3O2/c1-12(9-18-7-2-3-8-18)10-19-11-17-15-13(16(20)21)5-4-6-14(15)19/h4-6,11-12H,2-3,7-10H2,1H3,(H,20,21). The fourth-order valence-electron chi connectivity index (χ4n) is 3.21. The van der Waals surface area contributed by atoms with Gasteiger partial charge in [0, 0.05) is 13.1 Å². The summed E-state index contributed by atoms with van der Waals surface area (Å²) < 4.78 is 2.07. The van der Waals surface area contributed by atoms with Crippen LogP contribution in [0.4, 0.5) is 0 Å². The molecule has 1 saturated heterocycles. The van der Waals surface area contributed by atoms with E-state index in [2.05, 4.69) is 21.4 Å². The molecular formula is C16H21N3O2. The van der Waals surface area contributed by atoms with Gasteiger partial charge in [-0.05, 0) is 44.0 Å². The second-order valence-electron chi connectivity index (χ2n) is 5.99. The van der Waals surface area contributed by atoms with Gasteiger partial charge in [-0.3, -0.25) is 0 Å². The van der Waals surface area contributed by atoms with Crippen LogP contribution in [0.1, 0.15) is 30.1 Å². The molecule has 1 unspecified atom stereocenters. The Bertz CT molecular complexity index is 644. The van der Waals surface area contributed by atoms with Gasteiger partial charge in [0.1, 0.15) is 5.52 Å². The first-order chi connectivity index (χ1) is 10.1. The van der Waals surface area contributed by atoms with E-state index in [0.717, 1.165) is 18.6 Å². The van der Waals surface area contributed by atoms with Crippen LogP contribution < -0.4 is 0 Å². The Morgan fingerprint density at radius 1 is 1.33 bits per heavy atom. The highest BCUT2D eigenvalue weighted by atomic mass is 16.4. The van der Waals surface area contributed by atoms with Gasteiger partial charge in [-0.2, -0.15) is 0 Å². The Labute approximate surface area is 124 Å². The first kappa shape index (κ1) is 14.1. The van der Waals surface area contributed by atoms with Crippen LogP contribution >= 0.6 is 0 Å². The van der Waals surface area contributed by atoms with Crippen LogP contribution in [-0.4, -0.2) is 45.2 Å². The van der Waals surface area contributed by atoms with E-state index in [1.807, 2.05) is 6.07 Å². The summed E-state index contributed by atoms with van der Waals surface area (Å²) in [6.07, 6.45) is 4.38. The Balaban J connectivity index is 1.77. The summed E-state index contributed by atoms with van der Waals surface area (Å²) in [6.45, 7) is 6.62. The molecule has 5 heteroatoms. The lowest BCUT2D eigenvalue weighted by molar-refractivity contribution is 0.0699. The smallest absolute Gasteiger partial charge is 0.337 e. The number of benzene rings is 1. The van der Waals surface area contributed by atoms with Crippen molar-refractivity contribution in [2.45, 2.75) is 26.3 Å². The minimum atomic E-state index is -0.920. The van der Waals surface area contributed by atoms with Crippen LogP contribution in [0.5, 0.6) is 0 Å². The van der Waals surface area contributed by atoms with Gasteiger partial charge in [0.15, 0.2) is 0 Å². The molecule has 1 aromatic heterocycles. The maximum absolute atomic E-state index is 11.2. The predicted molar refractivity (Wildman–Crippen MR) is 81.5 cm³/mol. The normalized spacial score (nSPS) is 17.4. The molecule has 0 radical (unpaired) electrons. The first-order valence-corrected chi connectivity index (χ1v) is 7.54. The third-order valence-corrected chi connectivity index (χ3v) is 4.16. The number of hydrogen-bond acceptors (Lipinski definition) is 3. The van der Waals surface area contributed by atoms with E-state index in [1.54, 1.807) is 18.5 Å². The van der Waals surface area contributed by atoms with Crippen LogP contribution in [-0.2, 0) is 6.54 Å². The quantitative estimate of drug-likeness (QED) is 0.917. The number of likely N-dealkylation sites (tertiary alicyclic amines) is 1. The maximum Gasteiger partial charge on any atom is 0.337 e. The lowest BCUT2D eigenvalue weighted by Crippen LogP contribution is -2.27. The lowest BCUT2D eigenvalue weighted by Gasteiger charge is -2.20. The molecule has 1 N–H and O–H groups in total. The summed E-state index contributed by atoms with van der Waals surface area (Å²) in [5.41, 5.74) is 1.76. The van der Waals surface area contributed by atoms with Gasteiger partial charge in [0.25, 0.3) is 0 Å². The molecule has 1 fully saturated rings. The molecule has 2 heterocycles. The Kier molecular flexibility index (Phi) is 3.92. The van der Waals surface area contributed by atoms with E-state index in [1.165, 1.54) is 25.9 Å². The molecule has 21 heavy (non-hydrogen) atoms. The highest BCUT2D eigenvalue weighted by molar-refractivity contribution is 6.00. The molecular weight excluding hydrogens is 266 g/mol. The Morgan fingerprint density at radius 3 is 2.81 bits per heavy atom. The zero-order valence-corrected chi connectivity index (χ0v) is 12.3. The molecule has 5 nitrogen and oxygen atoms in total. The number of carboxylic acid groups (broad SMARTS) is 1. The molecule has 1 aromatic carbocycles. The van der Waals surface area contributed by atoms with E-state index < -0.39 is 5.97 Å². The number of carbonyl (C=O) groups is 1. The number of nitrogens with zero attached hydrogens (tertiary/aromatic N) is 3. The molecule has 0 amide bonds. The summed E-state index contributed by atoms with van der Waals surface area (Å²) in [4.78, 5) is 18.0. The lowest BCUT2D eigenvalue weighted by atomic mass is 10.1. The second-order valence-corrected chi connectivity index (χ2v) is 5.99. The van der Waals surface area contributed by atoms with Gasteiger partial charge in [-0.25, -0.2) is 9.78 Å². The molecule has 1 aliphatic rings. The zero-order valence-electron chi connectivity index (χ0n) is 12.3. The molecule has 0 bridgehead atoms. The van der Waals surface area contributed by atoms with Crippen LogP contribution in [0.25, 0.3) is 11.0 Å². The Hall–Kier alpha value is -1.88. The van der Waals surface area contributed by atoms with Gasteiger partial charge in [-0.1, -0.05) is 13.0 Å². The van der Waals surface area contributed by atoms with Crippen molar-refractivity contribution >= 4 is 17.0 Å². The third kappa shape index (κ3) is 2.93. The third-order valence-electron chi connectivity index (χ3n) is 4.16. The van der Waals surface area contributed by atoms with Gasteiger partial charge >= 0.3 is 5.97 Å². The number of fused-ring (bicyclic) bond motifs is 1. The highest BCUT2D eigenvalue weighted by Gasteiger charge is 2.17. The topological polar surface area (TPSA) is 58.4 Å². The van der Waals surface area contributed by atoms with Gasteiger partial charge < -0.3 is 14.6 Å². The van der Waals surface area contributed by atoms with Gasteiger partial charge in [0.2, 0.25) is 0 Å². The summed E-state index contributed by atoms with van der Waals surface area (Å²) in [6, 6.07) is 5.34. The van der Waals surface area contributed by atoms with E-state index in [4.69, 9.17) is 0 Å². The number of hydrogen-bond donors (Lipinski definition) is 1. The summed E-state index contributed by atoms with van der Waals surface area (Å²) in [5, 5.41) is 9.21. The fraction of sp³-hybridized carbons (Fsp3) is 0.500. The van der Waals surface area contributed by atoms with Crippen LogP contribution in [0.2, 0.25) is 0 Å². The first-order valence-electron chi connectivity index (χ1n) is 7.54. The largest absolute Gasteiger partial charge is 0.478 e. The average molecular weight is 287 g/mol. The number of aromatic carboxylic acids is 1. The molecule has 0 aliphatic carbocycles. The van der Waals surface area contributed by atoms with Crippen molar-refractivity contribution in [3.63, 3.8) is 0 Å². The van der Waals surface area contributed by atoms with Gasteiger partial charge in [-0.15, -0.1) is 0 Å². The van der Waals surface area contributed by atoms with Gasteiger partial charge in [0.05, 0.1) is 17.4 Å². The number of carboxylic acids is 1. The SMILES string of the molecule is CC(CN1CCCC1)Cn1cnc2c(C(=O)O)cccc21. The minimum Gasteiger partial charge on any atom is -0.478 e. The van der Waals surface area contributed by atoms with Crippen molar-refractivity contribution in [3.8, 4) is 0 Å². The van der Waals surface area contributed by atoms with E-state index in [9.17, 15) is 9.90 Å². The number of para-hydroxylation sites is 1. The van der Waals surface area contributed by atoms with Crippen molar-refractivity contribution in [2.24, 2.45) is 5.92 Å². The monoisotopic (exact) mass is 287 g/mol. The zero-order chi connectivity index (χ0) is 14.8. The maximum atomic E-state index is 11.2. The van der Waals surface area contributed by atoms with Crippen molar-refractivity contribution in [3.05, 3.63) is 30.1 Å². The highest BCUT2D eigenvalue weighted by Crippen LogP contribution is 2.19. The average Bonchev–Trinajstić information content (AvgIpc) is 3.08. The molecule has 3 rings (SSSR count). The van der Waals surface area contributed by atoms with Crippen LogP contribution in [0.15, 0.2) is 24.5 Å². The van der Waals surface area contributed by atoms with E-state index in [0.29, 0.717) is 11.4 Å². The molecule has 112 valence electrons. The number of aromatic nitrogens is 2. The van der Waals surface area contributed by atoms with Crippen LogP contribution in [0.3, 0.4) is 0 Å². The summed E-state index contributed by atoms with van der Waals surface area (Å²) in [5.74, 6) is -0.398. The second kappa shape index (κ2) is 5.85. The van der Waals surface area contributed by atoms with Crippen molar-refractivity contribution in [1.29, 1.82) is 0 Å². The van der Waals surface area contributed by atoms with Crippen molar-refractivity contribution in [1.82, 2.24) is 14.5 Å². The predicted octanol–water partition coefficient (Wildman–Crippen LogP) is 2.47. The molecule has 2 aromatic rings. The van der Waals surface area contributed by atoms with Crippen molar-refractivity contribution < 1.29 is 9.90 Å². The number of rotatable bonds is 5. The molecule has 0 saturated carbocycles. The minimum absolute atomic E-state index is 0.276. The molecule has 1 atom stereocenters. The van der Waals surface area contributed by atoms with E-state index in [-0.39, 0.29) is 5.56 Å². The Morgan fingerprint density at radius 2 is 2.10 bits per heavy atom. The molecule has 0 spiro atoms. The number of imidazole rings is 1. The van der Waals surface area contributed by atoms with E-state index >= 15 is 0 Å². The summed E-state index contributed by atoms with van der Waals surface area (Å²) >= 11 is 0. The van der Waals surface area contributed by atoms with Crippen LogP contribution in [0, 0.1) is 5.92 Å². The molecule has 1 aliphatic heterocycles.